The third-order valence-corrected chi connectivity index (χ3v) is 10.2. The van der Waals surface area contributed by atoms with Crippen LogP contribution < -0.4 is 10.1 Å². The minimum Gasteiger partial charge on any atom is -0.497 e. The number of unbranched alkanes of at least 4 members (excludes halogenated alkanes) is 6. The summed E-state index contributed by atoms with van der Waals surface area (Å²) >= 11 is 0. The lowest BCUT2D eigenvalue weighted by Crippen LogP contribution is -2.53. The largest absolute Gasteiger partial charge is 0.497 e. The van der Waals surface area contributed by atoms with Crippen molar-refractivity contribution in [1.29, 1.82) is 0 Å². The molecule has 0 unspecified atom stereocenters. The van der Waals surface area contributed by atoms with Crippen LogP contribution in [0.5, 0.6) is 5.75 Å². The lowest BCUT2D eigenvalue weighted by Gasteiger charge is -2.35. The van der Waals surface area contributed by atoms with Crippen LogP contribution >= 0.6 is 0 Å². The summed E-state index contributed by atoms with van der Waals surface area (Å²) in [6, 6.07) is 37.6. The molecule has 59 heavy (non-hydrogen) atoms. The average molecular weight is 808 g/mol. The Morgan fingerprint density at radius 1 is 0.610 bits per heavy atom. The number of aliphatic hydroxyl groups excluding tert-OH is 1. The molecule has 0 saturated carbocycles. The van der Waals surface area contributed by atoms with E-state index in [0.717, 1.165) is 60.1 Å². The Bertz CT molecular complexity index is 1680. The second-order valence-corrected chi connectivity index (χ2v) is 15.6. The molecule has 0 spiro atoms. The number of hydrogen-bond donors (Lipinski definition) is 2. The van der Waals surface area contributed by atoms with E-state index in [9.17, 15) is 5.11 Å². The van der Waals surface area contributed by atoms with E-state index in [-0.39, 0.29) is 12.7 Å². The van der Waals surface area contributed by atoms with Crippen molar-refractivity contribution in [3.05, 3.63) is 138 Å². The van der Waals surface area contributed by atoms with Gasteiger partial charge in [0.15, 0.2) is 0 Å². The van der Waals surface area contributed by atoms with E-state index in [4.69, 9.17) is 28.4 Å². The van der Waals surface area contributed by atoms with E-state index >= 15 is 0 Å². The van der Waals surface area contributed by atoms with Crippen molar-refractivity contribution in [2.24, 2.45) is 5.92 Å². The van der Waals surface area contributed by atoms with Gasteiger partial charge in [-0.15, -0.1) is 5.92 Å². The smallest absolute Gasteiger partial charge is 0.146 e. The Kier molecular flexibility index (Phi) is 23.6. The number of rotatable bonds is 30. The SMILES string of the molecule is COCO[C@@H](CCCCCCCCC#C[C@H](NCc1ccc(OC)cc1)[C@@H](OCc1ccccc1)[C@H](OCc1ccccc1)[C@H](O)COCc1ccccc1)CC(C)C. The molecule has 0 aliphatic heterocycles. The zero-order chi connectivity index (χ0) is 41.8. The van der Waals surface area contributed by atoms with Gasteiger partial charge in [0, 0.05) is 20.1 Å². The summed E-state index contributed by atoms with van der Waals surface area (Å²) in [5.41, 5.74) is 4.13. The molecular weight excluding hydrogens is 739 g/mol. The molecule has 0 aliphatic rings. The minimum atomic E-state index is -0.998. The molecule has 4 rings (SSSR count). The molecule has 5 atom stereocenters. The molecule has 4 aromatic carbocycles. The fourth-order valence-corrected chi connectivity index (χ4v) is 6.96. The van der Waals surface area contributed by atoms with E-state index in [2.05, 4.69) is 31.0 Å². The fourth-order valence-electron chi connectivity index (χ4n) is 6.96. The summed E-state index contributed by atoms with van der Waals surface area (Å²) in [4.78, 5) is 0. The molecule has 0 heterocycles. The predicted octanol–water partition coefficient (Wildman–Crippen LogP) is 10.1. The molecule has 4 aromatic rings. The maximum absolute atomic E-state index is 11.9. The van der Waals surface area contributed by atoms with Crippen LogP contribution in [-0.2, 0) is 50.0 Å². The molecule has 0 bridgehead atoms. The van der Waals surface area contributed by atoms with E-state index in [0.29, 0.717) is 39.1 Å². The van der Waals surface area contributed by atoms with Crippen molar-refractivity contribution >= 4 is 0 Å². The van der Waals surface area contributed by atoms with Crippen molar-refractivity contribution < 1.29 is 33.5 Å². The van der Waals surface area contributed by atoms with Crippen LogP contribution in [0.15, 0.2) is 115 Å². The van der Waals surface area contributed by atoms with Gasteiger partial charge in [0.05, 0.1) is 45.7 Å². The highest BCUT2D eigenvalue weighted by Gasteiger charge is 2.36. The zero-order valence-electron chi connectivity index (χ0n) is 35.9. The topological polar surface area (TPSA) is 87.6 Å². The third kappa shape index (κ3) is 19.7. The summed E-state index contributed by atoms with van der Waals surface area (Å²) in [5.74, 6) is 8.46. The van der Waals surface area contributed by atoms with Crippen LogP contribution in [-0.4, -0.2) is 63.2 Å². The van der Waals surface area contributed by atoms with Gasteiger partial charge < -0.3 is 33.5 Å². The van der Waals surface area contributed by atoms with Gasteiger partial charge in [-0.05, 0) is 59.6 Å². The van der Waals surface area contributed by atoms with Gasteiger partial charge in [-0.2, -0.15) is 0 Å². The van der Waals surface area contributed by atoms with Gasteiger partial charge in [0.1, 0.15) is 30.9 Å². The molecule has 2 N–H and O–H groups in total. The zero-order valence-corrected chi connectivity index (χ0v) is 35.9. The molecule has 8 nitrogen and oxygen atoms in total. The Morgan fingerprint density at radius 3 is 1.75 bits per heavy atom. The Morgan fingerprint density at radius 2 is 1.17 bits per heavy atom. The first-order chi connectivity index (χ1) is 28.9. The number of nitrogens with one attached hydrogen (secondary N) is 1. The van der Waals surface area contributed by atoms with Crippen LogP contribution in [0, 0.1) is 17.8 Å². The molecule has 0 saturated heterocycles. The van der Waals surface area contributed by atoms with Crippen LogP contribution in [0.25, 0.3) is 0 Å². The van der Waals surface area contributed by atoms with Crippen LogP contribution in [0.2, 0.25) is 0 Å². The molecule has 0 aliphatic carbocycles. The number of hydrogen-bond acceptors (Lipinski definition) is 8. The van der Waals surface area contributed by atoms with Crippen molar-refractivity contribution in [1.82, 2.24) is 5.32 Å². The number of methoxy groups -OCH3 is 2. The Hall–Kier alpha value is -4.04. The summed E-state index contributed by atoms with van der Waals surface area (Å²) in [6.07, 6.45) is 7.68. The molecule has 8 heteroatoms. The Balaban J connectivity index is 1.49. The first-order valence-electron chi connectivity index (χ1n) is 21.5. The Labute approximate surface area is 354 Å². The van der Waals surface area contributed by atoms with Crippen molar-refractivity contribution in [3.8, 4) is 17.6 Å². The lowest BCUT2D eigenvalue weighted by atomic mass is 9.99. The van der Waals surface area contributed by atoms with E-state index in [1.54, 1.807) is 14.2 Å². The van der Waals surface area contributed by atoms with Gasteiger partial charge in [-0.3, -0.25) is 5.32 Å². The third-order valence-electron chi connectivity index (χ3n) is 10.2. The fraction of sp³-hybridized carbons (Fsp3) is 0.490. The summed E-state index contributed by atoms with van der Waals surface area (Å²) in [5, 5.41) is 15.6. The van der Waals surface area contributed by atoms with E-state index in [1.165, 1.54) is 25.7 Å². The average Bonchev–Trinajstić information content (AvgIpc) is 3.26. The van der Waals surface area contributed by atoms with Gasteiger partial charge >= 0.3 is 0 Å². The molecule has 0 amide bonds. The second-order valence-electron chi connectivity index (χ2n) is 15.6. The van der Waals surface area contributed by atoms with Gasteiger partial charge in [0.2, 0.25) is 0 Å². The van der Waals surface area contributed by atoms with Gasteiger partial charge in [-0.25, -0.2) is 0 Å². The van der Waals surface area contributed by atoms with Crippen LogP contribution in [0.1, 0.15) is 93.9 Å². The first-order valence-corrected chi connectivity index (χ1v) is 21.5. The summed E-state index contributed by atoms with van der Waals surface area (Å²) in [6.45, 7) is 6.45. The lowest BCUT2D eigenvalue weighted by molar-refractivity contribution is -0.151. The number of benzene rings is 4. The first kappa shape index (κ1) is 47.6. The molecule has 320 valence electrons. The van der Waals surface area contributed by atoms with Crippen LogP contribution in [0.4, 0.5) is 0 Å². The maximum atomic E-state index is 11.9. The normalized spacial score (nSPS) is 13.9. The minimum absolute atomic E-state index is 0.0662. The van der Waals surface area contributed by atoms with Gasteiger partial charge in [0.25, 0.3) is 0 Å². The quantitative estimate of drug-likeness (QED) is 0.0306. The monoisotopic (exact) mass is 808 g/mol. The summed E-state index contributed by atoms with van der Waals surface area (Å²) < 4.78 is 36.0. The van der Waals surface area contributed by atoms with Crippen molar-refractivity contribution in [2.45, 2.75) is 128 Å². The second kappa shape index (κ2) is 29.2. The molecular formula is C51H69NO7. The number of ether oxygens (including phenoxy) is 6. The summed E-state index contributed by atoms with van der Waals surface area (Å²) in [7, 11) is 3.35. The highest BCUT2D eigenvalue weighted by Crippen LogP contribution is 2.21. The standard InChI is InChI=1S/C51H69NO7/c1-41(2)34-47(59-40-54-3)28-20-9-7-5-6-8-10-21-29-48(52-35-42-30-32-46(55-4)33-31-42)50(57-37-44-24-16-12-17-25-44)51(58-38-45-26-18-13-19-27-45)49(53)39-56-36-43-22-14-11-15-23-43/h11-19,22-27,30-33,41,47-53H,5-10,20,28,34-40H2,1-4H3/t47-,48-,49+,50+,51+/m0/s1. The van der Waals surface area contributed by atoms with Crippen LogP contribution in [0.3, 0.4) is 0 Å². The molecule has 0 radical (unpaired) electrons. The van der Waals surface area contributed by atoms with Crippen molar-refractivity contribution in [3.63, 3.8) is 0 Å². The maximum Gasteiger partial charge on any atom is 0.146 e. The van der Waals surface area contributed by atoms with Crippen molar-refractivity contribution in [2.75, 3.05) is 27.6 Å². The van der Waals surface area contributed by atoms with E-state index in [1.807, 2.05) is 115 Å². The number of aliphatic hydroxyl groups is 1. The highest BCUT2D eigenvalue weighted by molar-refractivity contribution is 5.27. The molecule has 0 fully saturated rings. The van der Waals surface area contributed by atoms with Gasteiger partial charge in [-0.1, -0.05) is 155 Å². The highest BCUT2D eigenvalue weighted by atomic mass is 16.7. The predicted molar refractivity (Wildman–Crippen MR) is 237 cm³/mol. The van der Waals surface area contributed by atoms with E-state index < -0.39 is 24.4 Å². The molecule has 0 aromatic heterocycles.